The van der Waals surface area contributed by atoms with E-state index in [1.54, 1.807) is 7.11 Å². The molecule has 3 heteroatoms. The van der Waals surface area contributed by atoms with E-state index in [0.717, 1.165) is 25.0 Å². The molecule has 0 amide bonds. The molecule has 3 nitrogen and oxygen atoms in total. The molecule has 1 unspecified atom stereocenters. The number of nitrogens with two attached hydrogens (primary N) is 1. The van der Waals surface area contributed by atoms with Crippen LogP contribution in [0.5, 0.6) is 0 Å². The first-order valence-electron chi connectivity index (χ1n) is 5.75. The van der Waals surface area contributed by atoms with E-state index < -0.39 is 0 Å². The van der Waals surface area contributed by atoms with Crippen LogP contribution in [0.3, 0.4) is 0 Å². The molecule has 0 aromatic heterocycles. The SMILES string of the molecule is COCC(CN)(NCC1CC1)C1CC1. The van der Waals surface area contributed by atoms with Crippen LogP contribution >= 0.6 is 0 Å². The molecule has 0 aromatic carbocycles. The molecule has 0 bridgehead atoms. The third-order valence-electron chi connectivity index (χ3n) is 3.56. The number of hydrogen-bond donors (Lipinski definition) is 2. The summed E-state index contributed by atoms with van der Waals surface area (Å²) in [4.78, 5) is 0. The third-order valence-corrected chi connectivity index (χ3v) is 3.56. The fourth-order valence-corrected chi connectivity index (χ4v) is 2.17. The summed E-state index contributed by atoms with van der Waals surface area (Å²) in [7, 11) is 1.77. The van der Waals surface area contributed by atoms with Gasteiger partial charge in [0.1, 0.15) is 0 Å². The molecule has 0 heterocycles. The Hall–Kier alpha value is -0.120. The largest absolute Gasteiger partial charge is 0.383 e. The average Bonchev–Trinajstić information content (AvgIpc) is 3.05. The summed E-state index contributed by atoms with van der Waals surface area (Å²) in [5.74, 6) is 1.67. The maximum absolute atomic E-state index is 5.90. The second-order valence-corrected chi connectivity index (χ2v) is 4.89. The lowest BCUT2D eigenvalue weighted by Gasteiger charge is -2.33. The fourth-order valence-electron chi connectivity index (χ4n) is 2.17. The molecule has 0 spiro atoms. The molecule has 0 saturated heterocycles. The van der Waals surface area contributed by atoms with Crippen molar-refractivity contribution >= 4 is 0 Å². The lowest BCUT2D eigenvalue weighted by Crippen LogP contribution is -2.57. The van der Waals surface area contributed by atoms with E-state index >= 15 is 0 Å². The molecule has 14 heavy (non-hydrogen) atoms. The Morgan fingerprint density at radius 2 is 2.07 bits per heavy atom. The van der Waals surface area contributed by atoms with Gasteiger partial charge in [-0.1, -0.05) is 0 Å². The minimum absolute atomic E-state index is 0.0807. The summed E-state index contributed by atoms with van der Waals surface area (Å²) in [6.45, 7) is 2.61. The normalized spacial score (nSPS) is 26.1. The maximum Gasteiger partial charge on any atom is 0.0659 e. The molecule has 0 aromatic rings. The topological polar surface area (TPSA) is 47.3 Å². The van der Waals surface area contributed by atoms with Crippen LogP contribution in [-0.4, -0.2) is 32.3 Å². The highest BCUT2D eigenvalue weighted by molar-refractivity contribution is 5.02. The van der Waals surface area contributed by atoms with Crippen LogP contribution in [-0.2, 0) is 4.74 Å². The molecule has 2 rings (SSSR count). The molecule has 0 aliphatic heterocycles. The molecule has 2 aliphatic carbocycles. The Kier molecular flexibility index (Phi) is 3.10. The zero-order valence-electron chi connectivity index (χ0n) is 9.09. The summed E-state index contributed by atoms with van der Waals surface area (Å²) < 4.78 is 5.31. The van der Waals surface area contributed by atoms with Gasteiger partial charge in [0.15, 0.2) is 0 Å². The van der Waals surface area contributed by atoms with Gasteiger partial charge >= 0.3 is 0 Å². The quantitative estimate of drug-likeness (QED) is 0.634. The number of hydrogen-bond acceptors (Lipinski definition) is 3. The summed E-state index contributed by atoms with van der Waals surface area (Å²) >= 11 is 0. The van der Waals surface area contributed by atoms with Crippen molar-refractivity contribution in [1.82, 2.24) is 5.32 Å². The summed E-state index contributed by atoms with van der Waals surface area (Å²) in [5.41, 5.74) is 5.98. The van der Waals surface area contributed by atoms with Crippen LogP contribution in [0.15, 0.2) is 0 Å². The number of ether oxygens (including phenoxy) is 1. The van der Waals surface area contributed by atoms with E-state index in [4.69, 9.17) is 10.5 Å². The first-order chi connectivity index (χ1) is 6.80. The Bertz CT molecular complexity index is 190. The van der Waals surface area contributed by atoms with Gasteiger partial charge in [0.25, 0.3) is 0 Å². The van der Waals surface area contributed by atoms with E-state index in [9.17, 15) is 0 Å². The van der Waals surface area contributed by atoms with E-state index in [1.807, 2.05) is 0 Å². The number of rotatable bonds is 7. The highest BCUT2D eigenvalue weighted by Gasteiger charge is 2.44. The predicted molar refractivity (Wildman–Crippen MR) is 57.1 cm³/mol. The van der Waals surface area contributed by atoms with Crippen molar-refractivity contribution in [2.24, 2.45) is 17.6 Å². The van der Waals surface area contributed by atoms with Crippen LogP contribution in [0.2, 0.25) is 0 Å². The number of nitrogens with one attached hydrogen (secondary N) is 1. The van der Waals surface area contributed by atoms with Crippen LogP contribution in [0.25, 0.3) is 0 Å². The molecular weight excluding hydrogens is 176 g/mol. The van der Waals surface area contributed by atoms with Gasteiger partial charge in [-0.2, -0.15) is 0 Å². The minimum Gasteiger partial charge on any atom is -0.383 e. The van der Waals surface area contributed by atoms with Crippen molar-refractivity contribution < 1.29 is 4.74 Å². The number of methoxy groups -OCH3 is 1. The lowest BCUT2D eigenvalue weighted by atomic mass is 9.94. The van der Waals surface area contributed by atoms with Gasteiger partial charge in [-0.3, -0.25) is 0 Å². The van der Waals surface area contributed by atoms with E-state index in [2.05, 4.69) is 5.32 Å². The standard InChI is InChI=1S/C11H22N2O/c1-14-8-11(7-12,10-4-5-10)13-6-9-2-3-9/h9-10,13H,2-8,12H2,1H3. The lowest BCUT2D eigenvalue weighted by molar-refractivity contribution is 0.0979. The minimum atomic E-state index is 0.0807. The van der Waals surface area contributed by atoms with Crippen molar-refractivity contribution in [2.45, 2.75) is 31.2 Å². The van der Waals surface area contributed by atoms with Crippen molar-refractivity contribution in [3.63, 3.8) is 0 Å². The zero-order chi connectivity index (χ0) is 10.0. The van der Waals surface area contributed by atoms with Crippen LogP contribution in [0, 0.1) is 11.8 Å². The summed E-state index contributed by atoms with van der Waals surface area (Å²) in [6.07, 6.45) is 5.42. The van der Waals surface area contributed by atoms with Crippen molar-refractivity contribution in [3.8, 4) is 0 Å². The molecule has 2 aliphatic rings. The van der Waals surface area contributed by atoms with Crippen molar-refractivity contribution in [3.05, 3.63) is 0 Å². The first-order valence-corrected chi connectivity index (χ1v) is 5.75. The van der Waals surface area contributed by atoms with Crippen molar-refractivity contribution in [2.75, 3.05) is 26.8 Å². The van der Waals surface area contributed by atoms with Crippen molar-refractivity contribution in [1.29, 1.82) is 0 Å². The Labute approximate surface area is 86.4 Å². The first kappa shape index (κ1) is 10.4. The van der Waals surface area contributed by atoms with E-state index in [1.165, 1.54) is 25.7 Å². The average molecular weight is 198 g/mol. The predicted octanol–water partition coefficient (Wildman–Crippen LogP) is 0.740. The highest BCUT2D eigenvalue weighted by Crippen LogP contribution is 2.40. The third kappa shape index (κ3) is 2.27. The summed E-state index contributed by atoms with van der Waals surface area (Å²) in [6, 6.07) is 0. The van der Waals surface area contributed by atoms with Gasteiger partial charge in [-0.15, -0.1) is 0 Å². The van der Waals surface area contributed by atoms with Crippen LogP contribution in [0.1, 0.15) is 25.7 Å². The molecule has 0 radical (unpaired) electrons. The van der Waals surface area contributed by atoms with Gasteiger partial charge in [-0.05, 0) is 44.1 Å². The van der Waals surface area contributed by atoms with Gasteiger partial charge in [0.05, 0.1) is 12.1 Å². The Balaban J connectivity index is 1.87. The van der Waals surface area contributed by atoms with E-state index in [-0.39, 0.29) is 5.54 Å². The maximum atomic E-state index is 5.90. The molecule has 3 N–H and O–H groups in total. The van der Waals surface area contributed by atoms with Gasteiger partial charge in [0, 0.05) is 13.7 Å². The van der Waals surface area contributed by atoms with E-state index in [0.29, 0.717) is 6.54 Å². The monoisotopic (exact) mass is 198 g/mol. The smallest absolute Gasteiger partial charge is 0.0659 e. The van der Waals surface area contributed by atoms with Crippen LogP contribution in [0.4, 0.5) is 0 Å². The highest BCUT2D eigenvalue weighted by atomic mass is 16.5. The molecule has 2 fully saturated rings. The van der Waals surface area contributed by atoms with Gasteiger partial charge < -0.3 is 15.8 Å². The fraction of sp³-hybridized carbons (Fsp3) is 1.00. The second-order valence-electron chi connectivity index (χ2n) is 4.89. The summed E-state index contributed by atoms with van der Waals surface area (Å²) in [5, 5.41) is 3.66. The Morgan fingerprint density at radius 1 is 1.36 bits per heavy atom. The zero-order valence-corrected chi connectivity index (χ0v) is 9.09. The molecule has 2 saturated carbocycles. The second kappa shape index (κ2) is 4.17. The Morgan fingerprint density at radius 3 is 2.50 bits per heavy atom. The molecule has 1 atom stereocenters. The van der Waals surface area contributed by atoms with Gasteiger partial charge in [0.2, 0.25) is 0 Å². The van der Waals surface area contributed by atoms with Gasteiger partial charge in [-0.25, -0.2) is 0 Å². The van der Waals surface area contributed by atoms with Crippen LogP contribution < -0.4 is 11.1 Å². The molecule has 82 valence electrons. The molecular formula is C11H22N2O.